The maximum Gasteiger partial charge on any atom is 0.416 e. The lowest BCUT2D eigenvalue weighted by atomic mass is 10.1. The first-order chi connectivity index (χ1) is 12.9. The van der Waals surface area contributed by atoms with Gasteiger partial charge < -0.3 is 15.2 Å². The molecule has 1 saturated heterocycles. The molecule has 142 valence electrons. The summed E-state index contributed by atoms with van der Waals surface area (Å²) >= 11 is 0. The van der Waals surface area contributed by atoms with E-state index in [1.807, 2.05) is 0 Å². The van der Waals surface area contributed by atoms with Gasteiger partial charge in [-0.1, -0.05) is 0 Å². The molecular formula is C16H15F3N6O2. The predicted molar refractivity (Wildman–Crippen MR) is 88.1 cm³/mol. The highest BCUT2D eigenvalue weighted by Gasteiger charge is 2.31. The average molecular weight is 380 g/mol. The van der Waals surface area contributed by atoms with E-state index in [0.717, 1.165) is 31.2 Å². The van der Waals surface area contributed by atoms with Crippen LogP contribution < -0.4 is 10.5 Å². The van der Waals surface area contributed by atoms with Crippen molar-refractivity contribution < 1.29 is 22.6 Å². The smallest absolute Gasteiger partial charge is 0.416 e. The number of nitrogens with two attached hydrogens (primary N) is 1. The second kappa shape index (κ2) is 6.65. The van der Waals surface area contributed by atoms with E-state index in [1.54, 1.807) is 4.68 Å². The van der Waals surface area contributed by atoms with Gasteiger partial charge in [0.25, 0.3) is 5.88 Å². The quantitative estimate of drug-likeness (QED) is 0.745. The van der Waals surface area contributed by atoms with Crippen molar-refractivity contribution in [3.05, 3.63) is 30.2 Å². The Bertz CT molecular complexity index is 968. The summed E-state index contributed by atoms with van der Waals surface area (Å²) in [6.07, 6.45) is -0.512. The molecular weight excluding hydrogens is 365 g/mol. The highest BCUT2D eigenvalue weighted by molar-refractivity contribution is 5.90. The Kier molecular flexibility index (Phi) is 4.30. The Hall–Kier alpha value is -2.95. The molecule has 0 aromatic carbocycles. The lowest BCUT2D eigenvalue weighted by molar-refractivity contribution is -0.137. The van der Waals surface area contributed by atoms with Crippen molar-refractivity contribution >= 4 is 16.9 Å². The molecule has 1 unspecified atom stereocenters. The number of pyridine rings is 1. The van der Waals surface area contributed by atoms with E-state index in [1.165, 1.54) is 6.33 Å². The van der Waals surface area contributed by atoms with Crippen molar-refractivity contribution in [2.45, 2.75) is 25.1 Å². The summed E-state index contributed by atoms with van der Waals surface area (Å²) in [5.74, 6) is -0.134. The molecule has 2 N–H and O–H groups in total. The van der Waals surface area contributed by atoms with E-state index in [9.17, 15) is 13.2 Å². The number of nitrogens with zero attached hydrogens (tertiary/aromatic N) is 5. The zero-order valence-electron chi connectivity index (χ0n) is 14.0. The van der Waals surface area contributed by atoms with Gasteiger partial charge in [-0.2, -0.15) is 13.2 Å². The SMILES string of the molecule is Nc1ncnc2c1c(Oc1cc(C(F)(F)F)ccn1)nn2C1CCCOC1. The second-order valence-corrected chi connectivity index (χ2v) is 6.06. The molecule has 4 heterocycles. The van der Waals surface area contributed by atoms with Crippen LogP contribution >= 0.6 is 0 Å². The Morgan fingerprint density at radius 3 is 2.85 bits per heavy atom. The Morgan fingerprint density at radius 2 is 2.11 bits per heavy atom. The Labute approximate surface area is 151 Å². The molecule has 3 aromatic rings. The molecule has 0 radical (unpaired) electrons. The summed E-state index contributed by atoms with van der Waals surface area (Å²) in [5, 5.41) is 4.69. The molecule has 3 aromatic heterocycles. The fourth-order valence-electron chi connectivity index (χ4n) is 2.95. The van der Waals surface area contributed by atoms with Gasteiger partial charge in [0.1, 0.15) is 17.5 Å². The summed E-state index contributed by atoms with van der Waals surface area (Å²) in [4.78, 5) is 12.0. The first kappa shape index (κ1) is 17.5. The van der Waals surface area contributed by atoms with Crippen molar-refractivity contribution in [1.82, 2.24) is 24.7 Å². The number of nitrogen functional groups attached to an aromatic ring is 1. The lowest BCUT2D eigenvalue weighted by Crippen LogP contribution is -2.22. The predicted octanol–water partition coefficient (Wildman–Crippen LogP) is 2.97. The number of rotatable bonds is 3. The van der Waals surface area contributed by atoms with Crippen molar-refractivity contribution in [3.63, 3.8) is 0 Å². The van der Waals surface area contributed by atoms with Gasteiger partial charge in [-0.25, -0.2) is 19.6 Å². The normalized spacial score (nSPS) is 18.0. The number of halogens is 3. The number of ether oxygens (including phenoxy) is 2. The fourth-order valence-corrected chi connectivity index (χ4v) is 2.95. The highest BCUT2D eigenvalue weighted by atomic mass is 19.4. The van der Waals surface area contributed by atoms with Crippen LogP contribution in [0.4, 0.5) is 19.0 Å². The average Bonchev–Trinajstić information content (AvgIpc) is 3.02. The van der Waals surface area contributed by atoms with Crippen molar-refractivity contribution in [2.75, 3.05) is 18.9 Å². The van der Waals surface area contributed by atoms with Gasteiger partial charge in [-0.05, 0) is 18.9 Å². The van der Waals surface area contributed by atoms with Crippen LogP contribution in [0.2, 0.25) is 0 Å². The molecule has 11 heteroatoms. The summed E-state index contributed by atoms with van der Waals surface area (Å²) in [7, 11) is 0. The van der Waals surface area contributed by atoms with Crippen LogP contribution in [-0.4, -0.2) is 37.9 Å². The number of aromatic nitrogens is 5. The van der Waals surface area contributed by atoms with Gasteiger partial charge in [0, 0.05) is 18.9 Å². The molecule has 1 atom stereocenters. The van der Waals surface area contributed by atoms with Crippen LogP contribution in [0.3, 0.4) is 0 Å². The second-order valence-electron chi connectivity index (χ2n) is 6.06. The van der Waals surface area contributed by atoms with E-state index in [0.29, 0.717) is 24.2 Å². The summed E-state index contributed by atoms with van der Waals surface area (Å²) in [6.45, 7) is 1.12. The van der Waals surface area contributed by atoms with E-state index in [2.05, 4.69) is 20.1 Å². The molecule has 4 rings (SSSR count). The number of alkyl halides is 3. The third-order valence-electron chi connectivity index (χ3n) is 4.23. The van der Waals surface area contributed by atoms with E-state index in [-0.39, 0.29) is 23.6 Å². The van der Waals surface area contributed by atoms with Gasteiger partial charge in [0.15, 0.2) is 5.65 Å². The number of fused-ring (bicyclic) bond motifs is 1. The van der Waals surface area contributed by atoms with E-state index >= 15 is 0 Å². The maximum atomic E-state index is 12.9. The van der Waals surface area contributed by atoms with Crippen LogP contribution in [0.1, 0.15) is 24.4 Å². The standard InChI is InChI=1S/C16H15F3N6O2/c17-16(18,19)9-3-4-21-11(6-9)27-15-12-13(20)22-8-23-14(12)25(24-15)10-2-1-5-26-7-10/h3-4,6,8,10H,1-2,5,7H2,(H2,20,22,23). The first-order valence-corrected chi connectivity index (χ1v) is 8.21. The van der Waals surface area contributed by atoms with Crippen LogP contribution in [-0.2, 0) is 10.9 Å². The first-order valence-electron chi connectivity index (χ1n) is 8.21. The number of anilines is 1. The molecule has 1 aliphatic rings. The van der Waals surface area contributed by atoms with Crippen molar-refractivity contribution in [1.29, 1.82) is 0 Å². The topological polar surface area (TPSA) is 101 Å². The van der Waals surface area contributed by atoms with Crippen LogP contribution in [0.15, 0.2) is 24.7 Å². The van der Waals surface area contributed by atoms with E-state index in [4.69, 9.17) is 15.2 Å². The van der Waals surface area contributed by atoms with Crippen LogP contribution in [0, 0.1) is 0 Å². The summed E-state index contributed by atoms with van der Waals surface area (Å²) in [6, 6.07) is 1.58. The van der Waals surface area contributed by atoms with Gasteiger partial charge in [-0.15, -0.1) is 5.10 Å². The minimum Gasteiger partial charge on any atom is -0.418 e. The monoisotopic (exact) mass is 380 g/mol. The molecule has 0 spiro atoms. The fraction of sp³-hybridized carbons (Fsp3) is 0.375. The Balaban J connectivity index is 1.76. The molecule has 1 fully saturated rings. The molecule has 8 nitrogen and oxygen atoms in total. The molecule has 27 heavy (non-hydrogen) atoms. The van der Waals surface area contributed by atoms with E-state index < -0.39 is 11.7 Å². The molecule has 0 aliphatic carbocycles. The minimum absolute atomic E-state index is 0.000461. The number of hydrogen-bond acceptors (Lipinski definition) is 7. The van der Waals surface area contributed by atoms with Gasteiger partial charge in [0.05, 0.1) is 18.2 Å². The van der Waals surface area contributed by atoms with Gasteiger partial charge in [0.2, 0.25) is 5.88 Å². The summed E-state index contributed by atoms with van der Waals surface area (Å²) in [5.41, 5.74) is 5.49. The lowest BCUT2D eigenvalue weighted by Gasteiger charge is -2.22. The van der Waals surface area contributed by atoms with Gasteiger partial charge in [-0.3, -0.25) is 0 Å². The zero-order chi connectivity index (χ0) is 19.0. The van der Waals surface area contributed by atoms with Crippen LogP contribution in [0.25, 0.3) is 11.0 Å². The largest absolute Gasteiger partial charge is 0.418 e. The minimum atomic E-state index is -4.51. The van der Waals surface area contributed by atoms with Gasteiger partial charge >= 0.3 is 6.18 Å². The molecule has 0 amide bonds. The van der Waals surface area contributed by atoms with Crippen molar-refractivity contribution in [2.24, 2.45) is 0 Å². The van der Waals surface area contributed by atoms with Crippen LogP contribution in [0.5, 0.6) is 11.8 Å². The third-order valence-corrected chi connectivity index (χ3v) is 4.23. The molecule has 0 bridgehead atoms. The highest BCUT2D eigenvalue weighted by Crippen LogP contribution is 2.35. The third kappa shape index (κ3) is 3.37. The zero-order valence-corrected chi connectivity index (χ0v) is 14.0. The maximum absolute atomic E-state index is 12.9. The molecule has 0 saturated carbocycles. The van der Waals surface area contributed by atoms with Crippen molar-refractivity contribution in [3.8, 4) is 11.8 Å². The number of hydrogen-bond donors (Lipinski definition) is 1. The summed E-state index contributed by atoms with van der Waals surface area (Å²) < 4.78 is 51.4. The Morgan fingerprint density at radius 1 is 1.26 bits per heavy atom. The molecule has 1 aliphatic heterocycles.